The highest BCUT2D eigenvalue weighted by Crippen LogP contribution is 2.34. The maximum atomic E-state index is 12.1. The second kappa shape index (κ2) is 6.58. The van der Waals surface area contributed by atoms with Crippen molar-refractivity contribution >= 4 is 5.91 Å². The van der Waals surface area contributed by atoms with Crippen molar-refractivity contribution in [3.8, 4) is 0 Å². The summed E-state index contributed by atoms with van der Waals surface area (Å²) in [6, 6.07) is 0. The Kier molecular flexibility index (Phi) is 5.68. The molecule has 2 heteroatoms. The van der Waals surface area contributed by atoms with Crippen LogP contribution < -0.4 is 0 Å². The van der Waals surface area contributed by atoms with Crippen molar-refractivity contribution in [3.05, 3.63) is 0 Å². The third-order valence-electron chi connectivity index (χ3n) is 4.24. The van der Waals surface area contributed by atoms with Crippen LogP contribution in [0.2, 0.25) is 0 Å². The number of likely N-dealkylation sites (tertiary alicyclic amines) is 1. The SMILES string of the molecule is CC(C)CCCC(=O)N1CCC(C(C)(C)C)CC1. The Bertz CT molecular complexity index is 257. The van der Waals surface area contributed by atoms with Crippen molar-refractivity contribution in [3.63, 3.8) is 0 Å². The molecule has 0 aromatic rings. The van der Waals surface area contributed by atoms with Gasteiger partial charge < -0.3 is 4.90 Å². The van der Waals surface area contributed by atoms with Crippen LogP contribution in [-0.2, 0) is 4.79 Å². The first-order valence-electron chi connectivity index (χ1n) is 7.58. The number of amides is 1. The standard InChI is InChI=1S/C16H31NO/c1-13(2)7-6-8-15(18)17-11-9-14(10-12-17)16(3,4)5/h13-14H,6-12H2,1-5H3. The molecule has 0 aromatic carbocycles. The average Bonchev–Trinajstić information content (AvgIpc) is 2.27. The van der Waals surface area contributed by atoms with E-state index in [1.54, 1.807) is 0 Å². The molecule has 0 bridgehead atoms. The monoisotopic (exact) mass is 253 g/mol. The zero-order valence-electron chi connectivity index (χ0n) is 13.0. The molecule has 1 aliphatic rings. The Morgan fingerprint density at radius 2 is 1.78 bits per heavy atom. The molecule has 0 atom stereocenters. The minimum Gasteiger partial charge on any atom is -0.343 e. The van der Waals surface area contributed by atoms with E-state index in [1.807, 2.05) is 0 Å². The topological polar surface area (TPSA) is 20.3 Å². The van der Waals surface area contributed by atoms with E-state index in [9.17, 15) is 4.79 Å². The maximum Gasteiger partial charge on any atom is 0.222 e. The number of hydrogen-bond acceptors (Lipinski definition) is 1. The lowest BCUT2D eigenvalue weighted by Gasteiger charge is -2.38. The molecule has 0 radical (unpaired) electrons. The van der Waals surface area contributed by atoms with Gasteiger partial charge in [-0.3, -0.25) is 4.79 Å². The van der Waals surface area contributed by atoms with Crippen molar-refractivity contribution in [1.82, 2.24) is 4.90 Å². The van der Waals surface area contributed by atoms with Gasteiger partial charge in [-0.2, -0.15) is 0 Å². The number of hydrogen-bond donors (Lipinski definition) is 0. The average molecular weight is 253 g/mol. The van der Waals surface area contributed by atoms with E-state index in [2.05, 4.69) is 39.5 Å². The summed E-state index contributed by atoms with van der Waals surface area (Å²) < 4.78 is 0. The van der Waals surface area contributed by atoms with Gasteiger partial charge >= 0.3 is 0 Å². The summed E-state index contributed by atoms with van der Waals surface area (Å²) in [6.07, 6.45) is 5.33. The first-order valence-corrected chi connectivity index (χ1v) is 7.58. The van der Waals surface area contributed by atoms with Crippen molar-refractivity contribution < 1.29 is 4.79 Å². The Labute approximate surface area is 113 Å². The molecule has 0 spiro atoms. The van der Waals surface area contributed by atoms with Crippen LogP contribution >= 0.6 is 0 Å². The Hall–Kier alpha value is -0.530. The van der Waals surface area contributed by atoms with E-state index in [0.717, 1.165) is 31.8 Å². The number of carbonyl (C=O) groups excluding carboxylic acids is 1. The van der Waals surface area contributed by atoms with Gasteiger partial charge in [0.1, 0.15) is 0 Å². The second-order valence-electron chi connectivity index (χ2n) is 7.31. The van der Waals surface area contributed by atoms with Gasteiger partial charge in [-0.15, -0.1) is 0 Å². The number of rotatable bonds is 4. The van der Waals surface area contributed by atoms with Crippen LogP contribution in [0, 0.1) is 17.3 Å². The van der Waals surface area contributed by atoms with Crippen LogP contribution in [0.3, 0.4) is 0 Å². The van der Waals surface area contributed by atoms with Gasteiger partial charge in [0.25, 0.3) is 0 Å². The number of piperidine rings is 1. The van der Waals surface area contributed by atoms with Crippen LogP contribution in [0.5, 0.6) is 0 Å². The molecular weight excluding hydrogens is 222 g/mol. The van der Waals surface area contributed by atoms with E-state index < -0.39 is 0 Å². The van der Waals surface area contributed by atoms with Gasteiger partial charge in [0.2, 0.25) is 5.91 Å². The van der Waals surface area contributed by atoms with Crippen LogP contribution in [0.25, 0.3) is 0 Å². The molecule has 1 aliphatic heterocycles. The summed E-state index contributed by atoms with van der Waals surface area (Å²) in [4.78, 5) is 14.1. The van der Waals surface area contributed by atoms with E-state index >= 15 is 0 Å². The Balaban J connectivity index is 2.28. The maximum absolute atomic E-state index is 12.1. The summed E-state index contributed by atoms with van der Waals surface area (Å²) in [5, 5.41) is 0. The lowest BCUT2D eigenvalue weighted by Crippen LogP contribution is -2.41. The van der Waals surface area contributed by atoms with E-state index in [4.69, 9.17) is 0 Å². The lowest BCUT2D eigenvalue weighted by atomic mass is 9.75. The molecule has 106 valence electrons. The van der Waals surface area contributed by atoms with Crippen LogP contribution in [0.4, 0.5) is 0 Å². The second-order valence-corrected chi connectivity index (χ2v) is 7.31. The summed E-state index contributed by atoms with van der Waals surface area (Å²) in [5.41, 5.74) is 0.396. The minimum absolute atomic E-state index is 0.378. The Morgan fingerprint density at radius 3 is 2.22 bits per heavy atom. The molecule has 1 fully saturated rings. The third-order valence-corrected chi connectivity index (χ3v) is 4.24. The third kappa shape index (κ3) is 4.99. The number of carbonyl (C=O) groups is 1. The number of nitrogens with zero attached hydrogens (tertiary/aromatic N) is 1. The largest absolute Gasteiger partial charge is 0.343 e. The first-order chi connectivity index (χ1) is 8.30. The lowest BCUT2D eigenvalue weighted by molar-refractivity contribution is -0.133. The molecule has 0 N–H and O–H groups in total. The van der Waals surface area contributed by atoms with Gasteiger partial charge in [0, 0.05) is 19.5 Å². The fourth-order valence-corrected chi connectivity index (χ4v) is 2.81. The summed E-state index contributed by atoms with van der Waals surface area (Å²) >= 11 is 0. The predicted octanol–water partition coefficient (Wildman–Crippen LogP) is 4.10. The van der Waals surface area contributed by atoms with Gasteiger partial charge in [-0.05, 0) is 36.5 Å². The fourth-order valence-electron chi connectivity index (χ4n) is 2.81. The summed E-state index contributed by atoms with van der Waals surface area (Å²) in [7, 11) is 0. The molecule has 1 rings (SSSR count). The molecule has 0 unspecified atom stereocenters. The zero-order valence-corrected chi connectivity index (χ0v) is 13.0. The van der Waals surface area contributed by atoms with Crippen molar-refractivity contribution in [2.24, 2.45) is 17.3 Å². The molecule has 0 aliphatic carbocycles. The predicted molar refractivity (Wildman–Crippen MR) is 77.4 cm³/mol. The van der Waals surface area contributed by atoms with Gasteiger partial charge in [-0.25, -0.2) is 0 Å². The van der Waals surface area contributed by atoms with Crippen LogP contribution in [0.1, 0.15) is 66.7 Å². The van der Waals surface area contributed by atoms with Gasteiger partial charge in [0.05, 0.1) is 0 Å². The fraction of sp³-hybridized carbons (Fsp3) is 0.938. The summed E-state index contributed by atoms with van der Waals surface area (Å²) in [5.74, 6) is 1.87. The van der Waals surface area contributed by atoms with E-state index in [0.29, 0.717) is 17.2 Å². The molecule has 1 amide bonds. The normalized spacial score (nSPS) is 18.4. The van der Waals surface area contributed by atoms with Crippen molar-refractivity contribution in [2.45, 2.75) is 66.7 Å². The molecule has 1 saturated heterocycles. The molecular formula is C16H31NO. The van der Waals surface area contributed by atoms with Gasteiger partial charge in [-0.1, -0.05) is 41.0 Å². The molecule has 0 saturated carbocycles. The first kappa shape index (κ1) is 15.5. The zero-order chi connectivity index (χ0) is 13.8. The quantitative estimate of drug-likeness (QED) is 0.738. The van der Waals surface area contributed by atoms with E-state index in [-0.39, 0.29) is 0 Å². The van der Waals surface area contributed by atoms with Crippen LogP contribution in [0.15, 0.2) is 0 Å². The minimum atomic E-state index is 0.378. The highest BCUT2D eigenvalue weighted by molar-refractivity contribution is 5.76. The van der Waals surface area contributed by atoms with Crippen LogP contribution in [-0.4, -0.2) is 23.9 Å². The smallest absolute Gasteiger partial charge is 0.222 e. The van der Waals surface area contributed by atoms with Gasteiger partial charge in [0.15, 0.2) is 0 Å². The molecule has 2 nitrogen and oxygen atoms in total. The Morgan fingerprint density at radius 1 is 1.22 bits per heavy atom. The summed E-state index contributed by atoms with van der Waals surface area (Å²) in [6.45, 7) is 13.3. The molecule has 0 aromatic heterocycles. The van der Waals surface area contributed by atoms with Crippen molar-refractivity contribution in [1.29, 1.82) is 0 Å². The highest BCUT2D eigenvalue weighted by Gasteiger charge is 2.29. The molecule has 18 heavy (non-hydrogen) atoms. The van der Waals surface area contributed by atoms with E-state index in [1.165, 1.54) is 19.3 Å². The highest BCUT2D eigenvalue weighted by atomic mass is 16.2. The molecule has 1 heterocycles. The van der Waals surface area contributed by atoms with Crippen molar-refractivity contribution in [2.75, 3.05) is 13.1 Å².